The number of hydrogen-bond acceptors (Lipinski definition) is 2. The van der Waals surface area contributed by atoms with Crippen LogP contribution in [0.2, 0.25) is 0 Å². The van der Waals surface area contributed by atoms with Gasteiger partial charge in [0.1, 0.15) is 0 Å². The van der Waals surface area contributed by atoms with Crippen LogP contribution in [0, 0.1) is 0 Å². The second-order valence-electron chi connectivity index (χ2n) is 3.64. The van der Waals surface area contributed by atoms with Crippen LogP contribution in [0.3, 0.4) is 0 Å². The fourth-order valence-electron chi connectivity index (χ4n) is 1.95. The molecule has 0 aromatic heterocycles. The zero-order chi connectivity index (χ0) is 9.68. The highest BCUT2D eigenvalue weighted by molar-refractivity contribution is 5.73. The van der Waals surface area contributed by atoms with E-state index in [-0.39, 0.29) is 5.91 Å². The lowest BCUT2D eigenvalue weighted by Gasteiger charge is -2.29. The fourth-order valence-corrected chi connectivity index (χ4v) is 1.95. The van der Waals surface area contributed by atoms with Crippen LogP contribution in [-0.4, -0.2) is 24.7 Å². The molecule has 0 unspecified atom stereocenters. The van der Waals surface area contributed by atoms with Crippen molar-refractivity contribution in [2.75, 3.05) is 6.61 Å². The van der Waals surface area contributed by atoms with Crippen LogP contribution >= 0.6 is 0 Å². The van der Waals surface area contributed by atoms with Gasteiger partial charge in [0.2, 0.25) is 5.91 Å². The van der Waals surface area contributed by atoms with Crippen LogP contribution in [0.15, 0.2) is 0 Å². The molecule has 0 aliphatic heterocycles. The summed E-state index contributed by atoms with van der Waals surface area (Å²) in [4.78, 5) is 10.8. The van der Waals surface area contributed by atoms with Gasteiger partial charge in [-0.3, -0.25) is 4.79 Å². The van der Waals surface area contributed by atoms with Crippen LogP contribution in [0.5, 0.6) is 0 Å². The van der Waals surface area contributed by atoms with Crippen LogP contribution in [-0.2, 0) is 9.53 Å². The predicted molar refractivity (Wildman–Crippen MR) is 51.5 cm³/mol. The number of ether oxygens (including phenoxy) is 1. The first-order chi connectivity index (χ1) is 6.22. The van der Waals surface area contributed by atoms with E-state index in [2.05, 4.69) is 5.32 Å². The molecule has 0 heterocycles. The lowest BCUT2D eigenvalue weighted by molar-refractivity contribution is -0.120. The number of nitrogens with one attached hydrogen (secondary N) is 1. The van der Waals surface area contributed by atoms with Gasteiger partial charge in [0.25, 0.3) is 0 Å². The van der Waals surface area contributed by atoms with Gasteiger partial charge in [0.15, 0.2) is 0 Å². The van der Waals surface area contributed by atoms with E-state index in [9.17, 15) is 4.79 Å². The average Bonchev–Trinajstić information content (AvgIpc) is 2.04. The first-order valence-electron chi connectivity index (χ1n) is 5.11. The van der Waals surface area contributed by atoms with E-state index in [1.54, 1.807) is 6.92 Å². The van der Waals surface area contributed by atoms with E-state index < -0.39 is 0 Å². The van der Waals surface area contributed by atoms with Gasteiger partial charge in [-0.2, -0.15) is 0 Å². The molecular formula is C10H19NO2. The SMILES string of the molecule is CCO[C@@H]1CCC[C@H](NC(C)=O)C1. The maximum absolute atomic E-state index is 10.8. The van der Waals surface area contributed by atoms with Crippen molar-refractivity contribution in [3.05, 3.63) is 0 Å². The molecule has 1 saturated carbocycles. The van der Waals surface area contributed by atoms with Gasteiger partial charge < -0.3 is 10.1 Å². The molecule has 2 atom stereocenters. The number of carbonyl (C=O) groups excluding carboxylic acids is 1. The number of rotatable bonds is 3. The standard InChI is InChI=1S/C10H19NO2/c1-3-13-10-6-4-5-9(7-10)11-8(2)12/h9-10H,3-7H2,1-2H3,(H,11,12)/t9-,10+/m0/s1. The molecule has 1 fully saturated rings. The Kier molecular flexibility index (Phi) is 4.22. The zero-order valence-corrected chi connectivity index (χ0v) is 8.51. The van der Waals surface area contributed by atoms with Crippen molar-refractivity contribution >= 4 is 5.91 Å². The number of amides is 1. The van der Waals surface area contributed by atoms with E-state index in [0.717, 1.165) is 32.3 Å². The summed E-state index contributed by atoms with van der Waals surface area (Å²) >= 11 is 0. The zero-order valence-electron chi connectivity index (χ0n) is 8.51. The largest absolute Gasteiger partial charge is 0.378 e. The molecule has 76 valence electrons. The van der Waals surface area contributed by atoms with Gasteiger partial charge in [-0.25, -0.2) is 0 Å². The summed E-state index contributed by atoms with van der Waals surface area (Å²) < 4.78 is 5.54. The maximum Gasteiger partial charge on any atom is 0.217 e. The average molecular weight is 185 g/mol. The molecule has 13 heavy (non-hydrogen) atoms. The number of hydrogen-bond donors (Lipinski definition) is 1. The Balaban J connectivity index is 2.28. The topological polar surface area (TPSA) is 38.3 Å². The molecule has 1 amide bonds. The summed E-state index contributed by atoms with van der Waals surface area (Å²) in [6.07, 6.45) is 4.74. The van der Waals surface area contributed by atoms with Crippen molar-refractivity contribution in [1.29, 1.82) is 0 Å². The highest BCUT2D eigenvalue weighted by Gasteiger charge is 2.22. The first-order valence-corrected chi connectivity index (χ1v) is 5.11. The lowest BCUT2D eigenvalue weighted by Crippen LogP contribution is -2.39. The molecule has 1 N–H and O–H groups in total. The second-order valence-corrected chi connectivity index (χ2v) is 3.64. The Morgan fingerprint density at radius 2 is 2.31 bits per heavy atom. The summed E-state index contributed by atoms with van der Waals surface area (Å²) in [5, 5.41) is 2.95. The monoisotopic (exact) mass is 185 g/mol. The Bertz CT molecular complexity index is 168. The summed E-state index contributed by atoms with van der Waals surface area (Å²) in [5.41, 5.74) is 0. The van der Waals surface area contributed by atoms with E-state index in [1.165, 1.54) is 0 Å². The molecule has 0 aromatic rings. The van der Waals surface area contributed by atoms with Gasteiger partial charge in [0, 0.05) is 19.6 Å². The van der Waals surface area contributed by atoms with Crippen LogP contribution in [0.4, 0.5) is 0 Å². The minimum atomic E-state index is 0.0714. The molecule has 1 rings (SSSR count). The summed E-state index contributed by atoms with van der Waals surface area (Å²) in [6.45, 7) is 4.36. The molecule has 0 radical (unpaired) electrons. The molecule has 0 bridgehead atoms. The first kappa shape index (κ1) is 10.5. The normalized spacial score (nSPS) is 28.5. The summed E-state index contributed by atoms with van der Waals surface area (Å²) in [7, 11) is 0. The van der Waals surface area contributed by atoms with Crippen molar-refractivity contribution in [3.63, 3.8) is 0 Å². The lowest BCUT2D eigenvalue weighted by atomic mass is 9.93. The molecular weight excluding hydrogens is 166 g/mol. The summed E-state index contributed by atoms with van der Waals surface area (Å²) in [5.74, 6) is 0.0714. The molecule has 3 nitrogen and oxygen atoms in total. The van der Waals surface area contributed by atoms with Crippen LogP contribution in [0.25, 0.3) is 0 Å². The smallest absolute Gasteiger partial charge is 0.217 e. The van der Waals surface area contributed by atoms with E-state index >= 15 is 0 Å². The molecule has 1 aliphatic carbocycles. The van der Waals surface area contributed by atoms with Gasteiger partial charge in [-0.1, -0.05) is 0 Å². The van der Waals surface area contributed by atoms with Crippen molar-refractivity contribution in [1.82, 2.24) is 5.32 Å². The molecule has 0 spiro atoms. The highest BCUT2D eigenvalue weighted by Crippen LogP contribution is 2.20. The Morgan fingerprint density at radius 1 is 1.54 bits per heavy atom. The predicted octanol–water partition coefficient (Wildman–Crippen LogP) is 1.47. The minimum Gasteiger partial charge on any atom is -0.378 e. The summed E-state index contributed by atoms with van der Waals surface area (Å²) in [6, 6.07) is 0.336. The van der Waals surface area contributed by atoms with Crippen molar-refractivity contribution in [3.8, 4) is 0 Å². The molecule has 0 aromatic carbocycles. The van der Waals surface area contributed by atoms with Gasteiger partial charge in [-0.05, 0) is 32.6 Å². The maximum atomic E-state index is 10.8. The molecule has 3 heteroatoms. The quantitative estimate of drug-likeness (QED) is 0.723. The van der Waals surface area contributed by atoms with Gasteiger partial charge >= 0.3 is 0 Å². The molecule has 1 aliphatic rings. The number of carbonyl (C=O) groups is 1. The van der Waals surface area contributed by atoms with Crippen molar-refractivity contribution < 1.29 is 9.53 Å². The third kappa shape index (κ3) is 3.77. The minimum absolute atomic E-state index is 0.0714. The van der Waals surface area contributed by atoms with Gasteiger partial charge in [-0.15, -0.1) is 0 Å². The second kappa shape index (κ2) is 5.22. The van der Waals surface area contributed by atoms with E-state index in [0.29, 0.717) is 12.1 Å². The third-order valence-corrected chi connectivity index (χ3v) is 2.44. The van der Waals surface area contributed by atoms with Crippen molar-refractivity contribution in [2.45, 2.75) is 51.7 Å². The van der Waals surface area contributed by atoms with Gasteiger partial charge in [0.05, 0.1) is 6.10 Å². The third-order valence-electron chi connectivity index (χ3n) is 2.44. The molecule has 0 saturated heterocycles. The fraction of sp³-hybridized carbons (Fsp3) is 0.900. The highest BCUT2D eigenvalue weighted by atomic mass is 16.5. The van der Waals surface area contributed by atoms with Crippen LogP contribution < -0.4 is 5.32 Å². The van der Waals surface area contributed by atoms with Crippen molar-refractivity contribution in [2.24, 2.45) is 0 Å². The Morgan fingerprint density at radius 3 is 2.92 bits per heavy atom. The Hall–Kier alpha value is -0.570. The van der Waals surface area contributed by atoms with E-state index in [1.807, 2.05) is 6.92 Å². The van der Waals surface area contributed by atoms with E-state index in [4.69, 9.17) is 4.74 Å². The van der Waals surface area contributed by atoms with Crippen LogP contribution in [0.1, 0.15) is 39.5 Å². The Labute approximate surface area is 79.8 Å².